The van der Waals surface area contributed by atoms with Crippen LogP contribution in [0.3, 0.4) is 0 Å². The van der Waals surface area contributed by atoms with Crippen molar-refractivity contribution in [2.24, 2.45) is 11.7 Å². The summed E-state index contributed by atoms with van der Waals surface area (Å²) in [6.07, 6.45) is 8.22. The van der Waals surface area contributed by atoms with E-state index in [9.17, 15) is 9.90 Å². The SMILES string of the molecule is C#Cc1cccc2[nH]cc(CC(CCN)C(=O)O)c12. The van der Waals surface area contributed by atoms with E-state index in [1.807, 2.05) is 24.4 Å². The van der Waals surface area contributed by atoms with E-state index in [-0.39, 0.29) is 0 Å². The number of aromatic nitrogens is 1. The average Bonchev–Trinajstić information content (AvgIpc) is 2.81. The van der Waals surface area contributed by atoms with Crippen LogP contribution in [0.15, 0.2) is 24.4 Å². The van der Waals surface area contributed by atoms with E-state index in [1.54, 1.807) is 0 Å². The van der Waals surface area contributed by atoms with E-state index in [1.165, 1.54) is 0 Å². The Morgan fingerprint density at radius 2 is 2.32 bits per heavy atom. The molecule has 4 N–H and O–H groups in total. The molecule has 0 amide bonds. The summed E-state index contributed by atoms with van der Waals surface area (Å²) in [7, 11) is 0. The fraction of sp³-hybridized carbons (Fsp3) is 0.267. The van der Waals surface area contributed by atoms with Gasteiger partial charge in [-0.25, -0.2) is 0 Å². The maximum absolute atomic E-state index is 11.2. The van der Waals surface area contributed by atoms with E-state index in [4.69, 9.17) is 12.2 Å². The zero-order valence-electron chi connectivity index (χ0n) is 10.5. The highest BCUT2D eigenvalue weighted by molar-refractivity contribution is 5.89. The van der Waals surface area contributed by atoms with Crippen molar-refractivity contribution >= 4 is 16.9 Å². The number of aromatic amines is 1. The molecule has 0 radical (unpaired) electrons. The number of fused-ring (bicyclic) bond motifs is 1. The highest BCUT2D eigenvalue weighted by atomic mass is 16.4. The molecule has 0 spiro atoms. The van der Waals surface area contributed by atoms with Gasteiger partial charge < -0.3 is 15.8 Å². The standard InChI is InChI=1S/C15H16N2O2/c1-2-10-4-3-5-13-14(10)12(9-17-13)8-11(6-7-16)15(18)19/h1,3-5,9,11,17H,6-8,16H2,(H,18,19). The molecule has 1 unspecified atom stereocenters. The second-order valence-electron chi connectivity index (χ2n) is 4.50. The largest absolute Gasteiger partial charge is 0.481 e. The van der Waals surface area contributed by atoms with Crippen molar-refractivity contribution in [2.75, 3.05) is 6.54 Å². The van der Waals surface area contributed by atoms with E-state index in [0.29, 0.717) is 19.4 Å². The monoisotopic (exact) mass is 256 g/mol. The molecule has 0 fully saturated rings. The predicted molar refractivity (Wildman–Crippen MR) is 74.7 cm³/mol. The first-order valence-corrected chi connectivity index (χ1v) is 6.15. The second-order valence-corrected chi connectivity index (χ2v) is 4.50. The van der Waals surface area contributed by atoms with Crippen LogP contribution in [0, 0.1) is 18.3 Å². The molecule has 2 aromatic rings. The van der Waals surface area contributed by atoms with Crippen LogP contribution < -0.4 is 5.73 Å². The lowest BCUT2D eigenvalue weighted by Crippen LogP contribution is -2.20. The van der Waals surface area contributed by atoms with E-state index < -0.39 is 11.9 Å². The molecule has 0 aliphatic rings. The van der Waals surface area contributed by atoms with Crippen molar-refractivity contribution in [3.63, 3.8) is 0 Å². The Morgan fingerprint density at radius 1 is 1.53 bits per heavy atom. The number of nitrogens with two attached hydrogens (primary N) is 1. The van der Waals surface area contributed by atoms with Crippen LogP contribution in [-0.4, -0.2) is 22.6 Å². The van der Waals surface area contributed by atoms with Gasteiger partial charge in [0.05, 0.1) is 5.92 Å². The van der Waals surface area contributed by atoms with Crippen LogP contribution in [-0.2, 0) is 11.2 Å². The fourth-order valence-electron chi connectivity index (χ4n) is 2.32. The molecule has 4 heteroatoms. The van der Waals surface area contributed by atoms with Gasteiger partial charge in [0.25, 0.3) is 0 Å². The lowest BCUT2D eigenvalue weighted by atomic mass is 9.94. The number of carboxylic acids is 1. The van der Waals surface area contributed by atoms with Gasteiger partial charge in [-0.3, -0.25) is 4.79 Å². The smallest absolute Gasteiger partial charge is 0.306 e. The minimum atomic E-state index is -0.821. The molecule has 1 aromatic carbocycles. The van der Waals surface area contributed by atoms with Crippen LogP contribution in [0.2, 0.25) is 0 Å². The Labute approximate surface area is 111 Å². The number of rotatable bonds is 5. The number of hydrogen-bond donors (Lipinski definition) is 3. The third-order valence-electron chi connectivity index (χ3n) is 3.27. The molecule has 98 valence electrons. The Morgan fingerprint density at radius 3 is 2.95 bits per heavy atom. The van der Waals surface area contributed by atoms with Crippen LogP contribution in [0.5, 0.6) is 0 Å². The second kappa shape index (κ2) is 5.59. The van der Waals surface area contributed by atoms with Crippen LogP contribution in [0.4, 0.5) is 0 Å². The van der Waals surface area contributed by atoms with Crippen LogP contribution >= 0.6 is 0 Å². The maximum Gasteiger partial charge on any atom is 0.306 e. The molecule has 0 aliphatic heterocycles. The Kier molecular flexibility index (Phi) is 3.88. The van der Waals surface area contributed by atoms with Gasteiger partial charge >= 0.3 is 5.97 Å². The van der Waals surface area contributed by atoms with Crippen LogP contribution in [0.25, 0.3) is 10.9 Å². The molecule has 0 saturated heterocycles. The lowest BCUT2D eigenvalue weighted by Gasteiger charge is -2.10. The number of benzene rings is 1. The van der Waals surface area contributed by atoms with Gasteiger partial charge in [0, 0.05) is 22.7 Å². The Bertz CT molecular complexity index is 637. The van der Waals surface area contributed by atoms with Gasteiger partial charge in [-0.1, -0.05) is 12.0 Å². The third-order valence-corrected chi connectivity index (χ3v) is 3.27. The summed E-state index contributed by atoms with van der Waals surface area (Å²) >= 11 is 0. The molecule has 0 bridgehead atoms. The summed E-state index contributed by atoms with van der Waals surface area (Å²) in [5.41, 5.74) is 8.11. The van der Waals surface area contributed by atoms with Crippen molar-refractivity contribution in [3.05, 3.63) is 35.5 Å². The first kappa shape index (κ1) is 13.2. The number of nitrogens with one attached hydrogen (secondary N) is 1. The van der Waals surface area contributed by atoms with Crippen molar-refractivity contribution in [1.82, 2.24) is 4.98 Å². The predicted octanol–water partition coefficient (Wildman–Crippen LogP) is 1.74. The highest BCUT2D eigenvalue weighted by Gasteiger charge is 2.19. The fourth-order valence-corrected chi connectivity index (χ4v) is 2.32. The van der Waals surface area contributed by atoms with Gasteiger partial charge in [-0.15, -0.1) is 6.42 Å². The molecule has 2 rings (SSSR count). The first-order chi connectivity index (χ1) is 9.17. The average molecular weight is 256 g/mol. The number of terminal acetylenes is 1. The molecule has 0 saturated carbocycles. The Balaban J connectivity index is 2.40. The van der Waals surface area contributed by atoms with Crippen molar-refractivity contribution in [3.8, 4) is 12.3 Å². The summed E-state index contributed by atoms with van der Waals surface area (Å²) in [5.74, 6) is 1.34. The summed E-state index contributed by atoms with van der Waals surface area (Å²) < 4.78 is 0. The molecule has 1 atom stereocenters. The van der Waals surface area contributed by atoms with Crippen molar-refractivity contribution in [1.29, 1.82) is 0 Å². The first-order valence-electron chi connectivity index (χ1n) is 6.15. The topological polar surface area (TPSA) is 79.1 Å². The number of carbonyl (C=O) groups is 1. The van der Waals surface area contributed by atoms with Crippen molar-refractivity contribution in [2.45, 2.75) is 12.8 Å². The molecular weight excluding hydrogens is 240 g/mol. The molecule has 1 heterocycles. The zero-order chi connectivity index (χ0) is 13.8. The molecule has 1 aromatic heterocycles. The van der Waals surface area contributed by atoms with Gasteiger partial charge in [-0.2, -0.15) is 0 Å². The summed E-state index contributed by atoms with van der Waals surface area (Å²) in [6.45, 7) is 0.362. The Hall–Kier alpha value is -2.25. The van der Waals surface area contributed by atoms with Crippen molar-refractivity contribution < 1.29 is 9.90 Å². The normalized spacial score (nSPS) is 12.2. The zero-order valence-corrected chi connectivity index (χ0v) is 10.5. The molecule has 4 nitrogen and oxygen atoms in total. The number of aliphatic carboxylic acids is 1. The van der Waals surface area contributed by atoms with E-state index in [2.05, 4.69) is 10.9 Å². The highest BCUT2D eigenvalue weighted by Crippen LogP contribution is 2.25. The van der Waals surface area contributed by atoms with Gasteiger partial charge in [0.2, 0.25) is 0 Å². The number of hydrogen-bond acceptors (Lipinski definition) is 2. The summed E-state index contributed by atoms with van der Waals surface area (Å²) in [5, 5.41) is 10.1. The molecule has 0 aliphatic carbocycles. The van der Waals surface area contributed by atoms with Gasteiger partial charge in [-0.05, 0) is 37.1 Å². The number of H-pyrrole nitrogens is 1. The minimum absolute atomic E-state index is 0.362. The van der Waals surface area contributed by atoms with E-state index in [0.717, 1.165) is 22.0 Å². The third kappa shape index (κ3) is 2.61. The lowest BCUT2D eigenvalue weighted by molar-refractivity contribution is -0.141. The molecule has 19 heavy (non-hydrogen) atoms. The number of carboxylic acid groups (broad SMARTS) is 1. The van der Waals surface area contributed by atoms with Crippen LogP contribution in [0.1, 0.15) is 17.5 Å². The maximum atomic E-state index is 11.2. The summed E-state index contributed by atoms with van der Waals surface area (Å²) in [6, 6.07) is 5.67. The van der Waals surface area contributed by atoms with Gasteiger partial charge in [0.15, 0.2) is 0 Å². The quantitative estimate of drug-likeness (QED) is 0.713. The van der Waals surface area contributed by atoms with Gasteiger partial charge in [0.1, 0.15) is 0 Å². The molecular formula is C15H16N2O2. The van der Waals surface area contributed by atoms with E-state index >= 15 is 0 Å². The summed E-state index contributed by atoms with van der Waals surface area (Å²) in [4.78, 5) is 14.3. The minimum Gasteiger partial charge on any atom is -0.481 e.